The zero-order valence-electron chi connectivity index (χ0n) is 8.73. The van der Waals surface area contributed by atoms with Crippen molar-refractivity contribution in [1.29, 1.82) is 0 Å². The van der Waals surface area contributed by atoms with Gasteiger partial charge in [0.2, 0.25) is 0 Å². The lowest BCUT2D eigenvalue weighted by atomic mass is 10.2. The summed E-state index contributed by atoms with van der Waals surface area (Å²) in [6.45, 7) is 9.50. The summed E-state index contributed by atoms with van der Waals surface area (Å²) < 4.78 is 5.01. The van der Waals surface area contributed by atoms with Crippen molar-refractivity contribution < 1.29 is 9.53 Å². The van der Waals surface area contributed by atoms with E-state index in [2.05, 4.69) is 17.2 Å². The van der Waals surface area contributed by atoms with Crippen molar-refractivity contribution in [3.05, 3.63) is 12.3 Å². The van der Waals surface area contributed by atoms with Crippen LogP contribution in [0.5, 0.6) is 0 Å². The summed E-state index contributed by atoms with van der Waals surface area (Å²) in [5.41, 5.74) is 0.288. The molecular weight excluding hydrogens is 168 g/mol. The smallest absolute Gasteiger partial charge is 0.407 e. The normalized spacial score (nSPS) is 10.5. The molecule has 0 aliphatic rings. The van der Waals surface area contributed by atoms with Gasteiger partial charge in [-0.15, -0.1) is 0 Å². The van der Waals surface area contributed by atoms with Crippen LogP contribution in [0.4, 0.5) is 4.79 Å². The minimum atomic E-state index is -0.453. The van der Waals surface area contributed by atoms with Crippen LogP contribution in [0.3, 0.4) is 0 Å². The highest BCUT2D eigenvalue weighted by atomic mass is 16.6. The summed E-state index contributed by atoms with van der Waals surface area (Å²) in [5, 5.41) is 5.39. The first-order chi connectivity index (χ1) is 5.85. The molecule has 0 fully saturated rings. The van der Waals surface area contributed by atoms with Crippen LogP contribution in [-0.4, -0.2) is 25.3 Å². The SMILES string of the molecule is C=C(CNC(=O)OC(C)(C)C)NC. The molecule has 0 aliphatic carbocycles. The fraction of sp³-hybridized carbons (Fsp3) is 0.667. The topological polar surface area (TPSA) is 50.4 Å². The van der Waals surface area contributed by atoms with E-state index in [1.807, 2.05) is 20.8 Å². The molecule has 0 bridgehead atoms. The Morgan fingerprint density at radius 1 is 1.46 bits per heavy atom. The second-order valence-electron chi connectivity index (χ2n) is 3.71. The third kappa shape index (κ3) is 7.18. The van der Waals surface area contributed by atoms with E-state index in [1.165, 1.54) is 0 Å². The maximum atomic E-state index is 11.1. The monoisotopic (exact) mass is 186 g/mol. The number of likely N-dealkylation sites (N-methyl/N-ethyl adjacent to an activating group) is 1. The van der Waals surface area contributed by atoms with E-state index >= 15 is 0 Å². The van der Waals surface area contributed by atoms with E-state index in [0.29, 0.717) is 6.54 Å². The molecule has 0 heterocycles. The van der Waals surface area contributed by atoms with Crippen LogP contribution < -0.4 is 10.6 Å². The molecule has 4 nitrogen and oxygen atoms in total. The van der Waals surface area contributed by atoms with Gasteiger partial charge in [-0.3, -0.25) is 0 Å². The van der Waals surface area contributed by atoms with E-state index in [-0.39, 0.29) is 0 Å². The Balaban J connectivity index is 3.71. The number of carbonyl (C=O) groups excluding carboxylic acids is 1. The van der Waals surface area contributed by atoms with Gasteiger partial charge in [0.05, 0.1) is 6.54 Å². The first-order valence-corrected chi connectivity index (χ1v) is 4.17. The number of alkyl carbamates (subject to hydrolysis) is 1. The number of hydrogen-bond acceptors (Lipinski definition) is 3. The van der Waals surface area contributed by atoms with E-state index in [4.69, 9.17) is 4.74 Å². The number of ether oxygens (including phenoxy) is 1. The highest BCUT2D eigenvalue weighted by Gasteiger charge is 2.15. The summed E-state index contributed by atoms with van der Waals surface area (Å²) in [6, 6.07) is 0. The van der Waals surface area contributed by atoms with Gasteiger partial charge in [0.15, 0.2) is 0 Å². The van der Waals surface area contributed by atoms with E-state index in [1.54, 1.807) is 7.05 Å². The predicted octanol–water partition coefficient (Wildman–Crippen LogP) is 1.24. The molecule has 0 spiro atoms. The lowest BCUT2D eigenvalue weighted by Gasteiger charge is -2.19. The molecule has 0 aromatic rings. The lowest BCUT2D eigenvalue weighted by molar-refractivity contribution is 0.0532. The molecule has 0 unspecified atom stereocenters. The van der Waals surface area contributed by atoms with Crippen LogP contribution >= 0.6 is 0 Å². The quantitative estimate of drug-likeness (QED) is 0.697. The molecule has 76 valence electrons. The van der Waals surface area contributed by atoms with E-state index in [9.17, 15) is 4.79 Å². The van der Waals surface area contributed by atoms with Crippen molar-refractivity contribution in [1.82, 2.24) is 10.6 Å². The zero-order chi connectivity index (χ0) is 10.5. The van der Waals surface area contributed by atoms with Gasteiger partial charge in [0.25, 0.3) is 0 Å². The predicted molar refractivity (Wildman–Crippen MR) is 52.4 cm³/mol. The summed E-state index contributed by atoms with van der Waals surface area (Å²) in [6.07, 6.45) is -0.427. The van der Waals surface area contributed by atoms with Crippen molar-refractivity contribution in [3.63, 3.8) is 0 Å². The minimum Gasteiger partial charge on any atom is -0.444 e. The molecular formula is C9H18N2O2. The van der Waals surface area contributed by atoms with Crippen LogP contribution in [0.15, 0.2) is 12.3 Å². The maximum Gasteiger partial charge on any atom is 0.407 e. The molecule has 0 aromatic carbocycles. The molecule has 4 heteroatoms. The number of hydrogen-bond donors (Lipinski definition) is 2. The average Bonchev–Trinajstić information content (AvgIpc) is 1.97. The third-order valence-electron chi connectivity index (χ3n) is 1.20. The molecule has 0 atom stereocenters. The van der Waals surface area contributed by atoms with Gasteiger partial charge in [0.1, 0.15) is 5.60 Å². The van der Waals surface area contributed by atoms with Gasteiger partial charge in [-0.2, -0.15) is 0 Å². The first-order valence-electron chi connectivity index (χ1n) is 4.17. The van der Waals surface area contributed by atoms with E-state index < -0.39 is 11.7 Å². The Labute approximate surface area is 79.3 Å². The molecule has 13 heavy (non-hydrogen) atoms. The van der Waals surface area contributed by atoms with Crippen molar-refractivity contribution in [2.24, 2.45) is 0 Å². The Bertz CT molecular complexity index is 194. The van der Waals surface area contributed by atoms with Crippen LogP contribution in [0.2, 0.25) is 0 Å². The second-order valence-corrected chi connectivity index (χ2v) is 3.71. The Morgan fingerprint density at radius 3 is 2.38 bits per heavy atom. The molecule has 0 saturated heterocycles. The number of amides is 1. The minimum absolute atomic E-state index is 0.380. The van der Waals surface area contributed by atoms with Crippen molar-refractivity contribution in [2.45, 2.75) is 26.4 Å². The van der Waals surface area contributed by atoms with Crippen molar-refractivity contribution in [3.8, 4) is 0 Å². The molecule has 2 N–H and O–H groups in total. The van der Waals surface area contributed by atoms with Gasteiger partial charge in [-0.25, -0.2) is 4.79 Å². The summed E-state index contributed by atoms with van der Waals surface area (Å²) in [4.78, 5) is 11.1. The zero-order valence-corrected chi connectivity index (χ0v) is 8.73. The maximum absolute atomic E-state index is 11.1. The molecule has 0 radical (unpaired) electrons. The standard InChI is InChI=1S/C9H18N2O2/c1-7(10-5)6-11-8(12)13-9(2,3)4/h10H,1,6H2,2-5H3,(H,11,12). The van der Waals surface area contributed by atoms with Crippen molar-refractivity contribution in [2.75, 3.05) is 13.6 Å². The number of rotatable bonds is 3. The van der Waals surface area contributed by atoms with Crippen LogP contribution in [-0.2, 0) is 4.74 Å². The molecule has 0 aromatic heterocycles. The molecule has 0 saturated carbocycles. The Hall–Kier alpha value is -1.19. The Morgan fingerprint density at radius 2 is 2.00 bits per heavy atom. The first kappa shape index (κ1) is 11.8. The van der Waals surface area contributed by atoms with Gasteiger partial charge in [0, 0.05) is 12.7 Å². The summed E-state index contributed by atoms with van der Waals surface area (Å²) >= 11 is 0. The highest BCUT2D eigenvalue weighted by molar-refractivity contribution is 5.67. The number of nitrogens with one attached hydrogen (secondary N) is 2. The van der Waals surface area contributed by atoms with Crippen LogP contribution in [0.25, 0.3) is 0 Å². The fourth-order valence-electron chi connectivity index (χ4n) is 0.581. The second kappa shape index (κ2) is 4.74. The van der Waals surface area contributed by atoms with Crippen LogP contribution in [0, 0.1) is 0 Å². The number of carbonyl (C=O) groups is 1. The highest BCUT2D eigenvalue weighted by Crippen LogP contribution is 2.06. The van der Waals surface area contributed by atoms with Crippen molar-refractivity contribution >= 4 is 6.09 Å². The molecule has 1 amide bonds. The average molecular weight is 186 g/mol. The van der Waals surface area contributed by atoms with Gasteiger partial charge < -0.3 is 15.4 Å². The van der Waals surface area contributed by atoms with Gasteiger partial charge in [-0.05, 0) is 20.8 Å². The summed E-state index contributed by atoms with van der Waals surface area (Å²) in [7, 11) is 1.75. The van der Waals surface area contributed by atoms with Gasteiger partial charge in [-0.1, -0.05) is 6.58 Å². The molecule has 0 aliphatic heterocycles. The Kier molecular flexibility index (Phi) is 4.31. The third-order valence-corrected chi connectivity index (χ3v) is 1.20. The molecule has 0 rings (SSSR count). The van der Waals surface area contributed by atoms with Crippen LogP contribution in [0.1, 0.15) is 20.8 Å². The fourth-order valence-corrected chi connectivity index (χ4v) is 0.581. The van der Waals surface area contributed by atoms with Gasteiger partial charge >= 0.3 is 6.09 Å². The lowest BCUT2D eigenvalue weighted by Crippen LogP contribution is -2.34. The largest absolute Gasteiger partial charge is 0.444 e. The van der Waals surface area contributed by atoms with E-state index in [0.717, 1.165) is 5.70 Å². The summed E-state index contributed by atoms with van der Waals surface area (Å²) in [5.74, 6) is 0.